The van der Waals surface area contributed by atoms with E-state index in [0.717, 1.165) is 25.8 Å². The van der Waals surface area contributed by atoms with Crippen LogP contribution in [0, 0.1) is 5.92 Å². The number of carbonyl (C=O) groups is 2. The Balaban J connectivity index is 1.71. The predicted octanol–water partition coefficient (Wildman–Crippen LogP) is 1.52. The Morgan fingerprint density at radius 2 is 2.00 bits per heavy atom. The van der Waals surface area contributed by atoms with Gasteiger partial charge in [0.2, 0.25) is 5.91 Å². The number of hydrogen-bond acceptors (Lipinski definition) is 5. The van der Waals surface area contributed by atoms with Gasteiger partial charge in [0.15, 0.2) is 0 Å². The van der Waals surface area contributed by atoms with E-state index in [4.69, 9.17) is 9.47 Å². The van der Waals surface area contributed by atoms with Crippen LogP contribution in [0.3, 0.4) is 0 Å². The molecule has 144 valence electrons. The van der Waals surface area contributed by atoms with Crippen LogP contribution in [0.2, 0.25) is 0 Å². The van der Waals surface area contributed by atoms with Crippen LogP contribution >= 0.6 is 0 Å². The van der Waals surface area contributed by atoms with Crippen LogP contribution in [0.5, 0.6) is 0 Å². The lowest BCUT2D eigenvalue weighted by Crippen LogP contribution is -2.52. The summed E-state index contributed by atoms with van der Waals surface area (Å²) in [6, 6.07) is 0.224. The molecule has 0 bridgehead atoms. The van der Waals surface area contributed by atoms with E-state index in [1.54, 1.807) is 4.90 Å². The zero-order valence-electron chi connectivity index (χ0n) is 16.0. The van der Waals surface area contributed by atoms with Gasteiger partial charge in [0, 0.05) is 31.6 Å². The molecule has 1 saturated carbocycles. The molecule has 2 amide bonds. The highest BCUT2D eigenvalue weighted by Crippen LogP contribution is 2.28. The van der Waals surface area contributed by atoms with E-state index >= 15 is 0 Å². The number of hydrogen-bond donors (Lipinski definition) is 2. The fourth-order valence-corrected chi connectivity index (χ4v) is 2.90. The second-order valence-corrected chi connectivity index (χ2v) is 8.06. The van der Waals surface area contributed by atoms with Gasteiger partial charge in [-0.05, 0) is 47.0 Å². The first-order chi connectivity index (χ1) is 11.8. The molecule has 2 fully saturated rings. The van der Waals surface area contributed by atoms with Gasteiger partial charge in [-0.3, -0.25) is 4.79 Å². The minimum absolute atomic E-state index is 0.00663. The van der Waals surface area contributed by atoms with Crippen LogP contribution in [0.15, 0.2) is 0 Å². The molecule has 2 rings (SSSR count). The summed E-state index contributed by atoms with van der Waals surface area (Å²) in [5.74, 6) is 0.422. The molecule has 0 aromatic rings. The molecule has 1 aliphatic heterocycles. The van der Waals surface area contributed by atoms with Gasteiger partial charge in [-0.1, -0.05) is 0 Å². The average Bonchev–Trinajstić information content (AvgIpc) is 3.35. The molecule has 7 nitrogen and oxygen atoms in total. The Labute approximate surface area is 150 Å². The molecule has 1 heterocycles. The summed E-state index contributed by atoms with van der Waals surface area (Å²) in [4.78, 5) is 25.8. The van der Waals surface area contributed by atoms with Crippen LogP contribution in [-0.4, -0.2) is 67.4 Å². The number of carbonyl (C=O) groups excluding carboxylic acids is 2. The first-order valence-corrected chi connectivity index (χ1v) is 9.34. The molecule has 25 heavy (non-hydrogen) atoms. The molecule has 2 atom stereocenters. The zero-order valence-corrected chi connectivity index (χ0v) is 16.0. The molecule has 0 spiro atoms. The maximum Gasteiger partial charge on any atom is 0.410 e. The minimum Gasteiger partial charge on any atom is -0.444 e. The molecular weight excluding hydrogens is 322 g/mol. The maximum absolute atomic E-state index is 12.4. The van der Waals surface area contributed by atoms with Crippen molar-refractivity contribution in [1.82, 2.24) is 15.5 Å². The van der Waals surface area contributed by atoms with Gasteiger partial charge in [0.25, 0.3) is 0 Å². The molecule has 0 radical (unpaired) electrons. The number of ether oxygens (including phenoxy) is 2. The SMILES string of the molecule is CC(CC1COCCN1C(=O)OC(C)(C)C)NCCNC(=O)C1CC1. The normalized spacial score (nSPS) is 22.4. The van der Waals surface area contributed by atoms with Gasteiger partial charge < -0.3 is 25.0 Å². The van der Waals surface area contributed by atoms with Gasteiger partial charge in [0.1, 0.15) is 5.60 Å². The van der Waals surface area contributed by atoms with Crippen LogP contribution in [0.1, 0.15) is 47.0 Å². The highest BCUT2D eigenvalue weighted by molar-refractivity contribution is 5.80. The Hall–Kier alpha value is -1.34. The quantitative estimate of drug-likeness (QED) is 0.677. The summed E-state index contributed by atoms with van der Waals surface area (Å²) in [5, 5.41) is 6.35. The van der Waals surface area contributed by atoms with E-state index < -0.39 is 5.60 Å². The topological polar surface area (TPSA) is 79.9 Å². The van der Waals surface area contributed by atoms with E-state index in [0.29, 0.717) is 26.3 Å². The van der Waals surface area contributed by atoms with Crippen molar-refractivity contribution in [1.29, 1.82) is 0 Å². The van der Waals surface area contributed by atoms with Gasteiger partial charge in [-0.15, -0.1) is 0 Å². The molecule has 2 N–H and O–H groups in total. The summed E-state index contributed by atoms with van der Waals surface area (Å²) >= 11 is 0. The molecule has 1 saturated heterocycles. The van der Waals surface area contributed by atoms with Crippen molar-refractivity contribution in [3.05, 3.63) is 0 Å². The van der Waals surface area contributed by atoms with Crippen LogP contribution in [0.25, 0.3) is 0 Å². The molecule has 0 aromatic carbocycles. The predicted molar refractivity (Wildman–Crippen MR) is 95.4 cm³/mol. The molecule has 2 unspecified atom stereocenters. The maximum atomic E-state index is 12.4. The van der Waals surface area contributed by atoms with Crippen LogP contribution < -0.4 is 10.6 Å². The average molecular weight is 355 g/mol. The number of nitrogens with zero attached hydrogens (tertiary/aromatic N) is 1. The highest BCUT2D eigenvalue weighted by Gasteiger charge is 2.32. The van der Waals surface area contributed by atoms with Gasteiger partial charge in [-0.2, -0.15) is 0 Å². The van der Waals surface area contributed by atoms with Crippen molar-refractivity contribution in [2.75, 3.05) is 32.8 Å². The third-order valence-electron chi connectivity index (χ3n) is 4.35. The van der Waals surface area contributed by atoms with E-state index in [-0.39, 0.29) is 30.0 Å². The number of rotatable bonds is 7. The molecule has 7 heteroatoms. The third-order valence-corrected chi connectivity index (χ3v) is 4.35. The monoisotopic (exact) mass is 355 g/mol. The minimum atomic E-state index is -0.496. The first kappa shape index (κ1) is 20.0. The standard InChI is InChI=1S/C18H33N3O4/c1-13(19-7-8-20-16(22)14-5-6-14)11-15-12-24-10-9-21(15)17(23)25-18(2,3)4/h13-15,19H,5-12H2,1-4H3,(H,20,22). The van der Waals surface area contributed by atoms with Crippen LogP contribution in [-0.2, 0) is 14.3 Å². The fraction of sp³-hybridized carbons (Fsp3) is 0.889. The number of morpholine rings is 1. The van der Waals surface area contributed by atoms with Crippen molar-refractivity contribution in [2.45, 2.75) is 64.6 Å². The lowest BCUT2D eigenvalue weighted by atomic mass is 10.1. The van der Waals surface area contributed by atoms with Gasteiger partial charge in [-0.25, -0.2) is 4.79 Å². The van der Waals surface area contributed by atoms with Gasteiger partial charge in [0.05, 0.1) is 19.3 Å². The Morgan fingerprint density at radius 1 is 1.28 bits per heavy atom. The molecular formula is C18H33N3O4. The van der Waals surface area contributed by atoms with Crippen molar-refractivity contribution < 1.29 is 19.1 Å². The van der Waals surface area contributed by atoms with Crippen molar-refractivity contribution in [3.8, 4) is 0 Å². The van der Waals surface area contributed by atoms with E-state index in [1.165, 1.54) is 0 Å². The second-order valence-electron chi connectivity index (χ2n) is 8.06. The molecule has 0 aromatic heterocycles. The lowest BCUT2D eigenvalue weighted by molar-refractivity contribution is -0.122. The fourth-order valence-electron chi connectivity index (χ4n) is 2.90. The Kier molecular flexibility index (Phi) is 7.07. The summed E-state index contributed by atoms with van der Waals surface area (Å²) in [6.07, 6.45) is 2.57. The van der Waals surface area contributed by atoms with Crippen molar-refractivity contribution >= 4 is 12.0 Å². The summed E-state index contributed by atoms with van der Waals surface area (Å²) < 4.78 is 11.1. The molecule has 1 aliphatic carbocycles. The smallest absolute Gasteiger partial charge is 0.410 e. The summed E-state index contributed by atoms with van der Waals surface area (Å²) in [6.45, 7) is 10.7. The first-order valence-electron chi connectivity index (χ1n) is 9.34. The van der Waals surface area contributed by atoms with E-state index in [9.17, 15) is 9.59 Å². The second kappa shape index (κ2) is 8.85. The summed E-state index contributed by atoms with van der Waals surface area (Å²) in [7, 11) is 0. The third kappa shape index (κ3) is 7.20. The summed E-state index contributed by atoms with van der Waals surface area (Å²) in [5.41, 5.74) is -0.496. The van der Waals surface area contributed by atoms with Crippen molar-refractivity contribution in [2.24, 2.45) is 5.92 Å². The van der Waals surface area contributed by atoms with Crippen molar-refractivity contribution in [3.63, 3.8) is 0 Å². The zero-order chi connectivity index (χ0) is 18.4. The Bertz CT molecular complexity index is 460. The Morgan fingerprint density at radius 3 is 2.64 bits per heavy atom. The number of nitrogens with one attached hydrogen (secondary N) is 2. The molecule has 2 aliphatic rings. The van der Waals surface area contributed by atoms with E-state index in [2.05, 4.69) is 17.6 Å². The van der Waals surface area contributed by atoms with Crippen LogP contribution in [0.4, 0.5) is 4.79 Å². The lowest BCUT2D eigenvalue weighted by Gasteiger charge is -2.37. The number of amides is 2. The largest absolute Gasteiger partial charge is 0.444 e. The highest BCUT2D eigenvalue weighted by atomic mass is 16.6. The van der Waals surface area contributed by atoms with E-state index in [1.807, 2.05) is 20.8 Å². The van der Waals surface area contributed by atoms with Gasteiger partial charge >= 0.3 is 6.09 Å².